The van der Waals surface area contributed by atoms with Crippen molar-refractivity contribution in [1.29, 1.82) is 0 Å². The van der Waals surface area contributed by atoms with E-state index in [2.05, 4.69) is 11.9 Å². The lowest BCUT2D eigenvalue weighted by Crippen LogP contribution is -2.00. The molecule has 2 rings (SSSR count). The third-order valence-electron chi connectivity index (χ3n) is 3.28. The molecule has 2 aromatic carbocycles. The van der Waals surface area contributed by atoms with E-state index in [1.54, 1.807) is 18.3 Å². The molecule has 0 heterocycles. The Morgan fingerprint density at radius 1 is 1.05 bits per heavy atom. The number of nitrogens with zero attached hydrogens (tertiary/aromatic N) is 1. The molecular weight excluding hydrogens is 265 g/mol. The van der Waals surface area contributed by atoms with Gasteiger partial charge in [-0.2, -0.15) is 0 Å². The van der Waals surface area contributed by atoms with Crippen LogP contribution in [0.15, 0.2) is 53.5 Å². The number of carbonyl (C=O) groups excluding carboxylic acids is 1. The van der Waals surface area contributed by atoms with Crippen LogP contribution in [0.5, 0.6) is 0 Å². The van der Waals surface area contributed by atoms with Gasteiger partial charge in [0.25, 0.3) is 0 Å². The lowest BCUT2D eigenvalue weighted by molar-refractivity contribution is 0.100. The van der Waals surface area contributed by atoms with Crippen LogP contribution in [0.1, 0.15) is 34.8 Å². The van der Waals surface area contributed by atoms with Gasteiger partial charge in [0, 0.05) is 18.2 Å². The molecule has 2 nitrogen and oxygen atoms in total. The summed E-state index contributed by atoms with van der Waals surface area (Å²) in [7, 11) is 0. The average Bonchev–Trinajstić information content (AvgIpc) is 2.53. The van der Waals surface area contributed by atoms with E-state index in [-0.39, 0.29) is 18.0 Å². The third-order valence-corrected chi connectivity index (χ3v) is 3.28. The maximum Gasteiger partial charge on any atom is 0.168 e. The Bertz CT molecular complexity index is 615. The molecule has 0 saturated heterocycles. The van der Waals surface area contributed by atoms with Gasteiger partial charge in [-0.25, -0.2) is 4.39 Å². The Morgan fingerprint density at radius 2 is 1.67 bits per heavy atom. The molecule has 0 radical (unpaired) electrons. The first-order valence-corrected chi connectivity index (χ1v) is 7.04. The van der Waals surface area contributed by atoms with Gasteiger partial charge >= 0.3 is 0 Å². The van der Waals surface area contributed by atoms with Crippen molar-refractivity contribution in [2.75, 3.05) is 0 Å². The first kappa shape index (κ1) is 15.1. The molecule has 0 saturated carbocycles. The molecule has 0 aliphatic heterocycles. The first-order chi connectivity index (χ1) is 10.2. The molecule has 3 heteroatoms. The topological polar surface area (TPSA) is 29.4 Å². The Balaban J connectivity index is 1.85. The first-order valence-electron chi connectivity index (χ1n) is 7.04. The molecule has 0 unspecified atom stereocenters. The second-order valence-corrected chi connectivity index (χ2v) is 4.83. The fourth-order valence-electron chi connectivity index (χ4n) is 1.95. The molecule has 0 fully saturated rings. The summed E-state index contributed by atoms with van der Waals surface area (Å²) in [6.45, 7) is 2.54. The highest BCUT2D eigenvalue weighted by Gasteiger charge is 2.03. The summed E-state index contributed by atoms with van der Waals surface area (Å²) in [6, 6.07) is 13.9. The number of hydrogen-bond donors (Lipinski definition) is 0. The van der Waals surface area contributed by atoms with Gasteiger partial charge in [-0.05, 0) is 29.7 Å². The van der Waals surface area contributed by atoms with E-state index in [0.29, 0.717) is 12.1 Å². The molecule has 0 atom stereocenters. The Labute approximate surface area is 124 Å². The van der Waals surface area contributed by atoms with E-state index in [1.165, 1.54) is 17.7 Å². The molecule has 0 spiro atoms. The van der Waals surface area contributed by atoms with Crippen molar-refractivity contribution in [3.8, 4) is 0 Å². The summed E-state index contributed by atoms with van der Waals surface area (Å²) in [6.07, 6.45) is 2.87. The third kappa shape index (κ3) is 4.63. The van der Waals surface area contributed by atoms with Gasteiger partial charge in [0.2, 0.25) is 0 Å². The number of aryl methyl sites for hydroxylation is 1. The summed E-state index contributed by atoms with van der Waals surface area (Å²) in [4.78, 5) is 16.2. The van der Waals surface area contributed by atoms with Gasteiger partial charge in [-0.3, -0.25) is 9.79 Å². The van der Waals surface area contributed by atoms with Crippen LogP contribution >= 0.6 is 0 Å². The zero-order valence-corrected chi connectivity index (χ0v) is 12.1. The molecule has 2 aromatic rings. The summed E-state index contributed by atoms with van der Waals surface area (Å²) < 4.78 is 12.7. The summed E-state index contributed by atoms with van der Waals surface area (Å²) in [5.74, 6) is -0.200. The van der Waals surface area contributed by atoms with Gasteiger partial charge in [0.15, 0.2) is 5.78 Å². The Kier molecular flexibility index (Phi) is 5.38. The minimum Gasteiger partial charge on any atom is -0.294 e. The van der Waals surface area contributed by atoms with Crippen molar-refractivity contribution in [3.05, 3.63) is 71.0 Å². The van der Waals surface area contributed by atoms with E-state index in [0.717, 1.165) is 12.0 Å². The highest BCUT2D eigenvalue weighted by molar-refractivity contribution is 6.03. The average molecular weight is 283 g/mol. The van der Waals surface area contributed by atoms with Crippen LogP contribution in [0.2, 0.25) is 0 Å². The highest BCUT2D eigenvalue weighted by Crippen LogP contribution is 2.07. The number of carbonyl (C=O) groups is 1. The van der Waals surface area contributed by atoms with E-state index in [9.17, 15) is 9.18 Å². The van der Waals surface area contributed by atoms with Crippen LogP contribution in [0, 0.1) is 5.82 Å². The summed E-state index contributed by atoms with van der Waals surface area (Å²) >= 11 is 0. The predicted molar refractivity (Wildman–Crippen MR) is 83.4 cm³/mol. The van der Waals surface area contributed by atoms with Crippen molar-refractivity contribution >= 4 is 12.0 Å². The van der Waals surface area contributed by atoms with Gasteiger partial charge in [-0.1, -0.05) is 43.3 Å². The molecule has 108 valence electrons. The second kappa shape index (κ2) is 7.48. The number of hydrogen-bond acceptors (Lipinski definition) is 2. The number of ketones is 1. The van der Waals surface area contributed by atoms with Crippen LogP contribution in [0.4, 0.5) is 4.39 Å². The molecule has 0 amide bonds. The SMILES string of the molecule is CCc1ccc(C(=O)CC=NCc2ccc(F)cc2)cc1. The molecular formula is C18H18FNO. The molecule has 21 heavy (non-hydrogen) atoms. The fourth-order valence-corrected chi connectivity index (χ4v) is 1.95. The quantitative estimate of drug-likeness (QED) is 0.576. The van der Waals surface area contributed by atoms with Crippen molar-refractivity contribution in [2.45, 2.75) is 26.3 Å². The monoisotopic (exact) mass is 283 g/mol. The fraction of sp³-hybridized carbons (Fsp3) is 0.222. The second-order valence-electron chi connectivity index (χ2n) is 4.83. The summed E-state index contributed by atoms with van der Waals surface area (Å²) in [5, 5.41) is 0. The van der Waals surface area contributed by atoms with Crippen molar-refractivity contribution in [2.24, 2.45) is 4.99 Å². The number of benzene rings is 2. The Hall–Kier alpha value is -2.29. The van der Waals surface area contributed by atoms with Crippen LogP contribution < -0.4 is 0 Å². The zero-order chi connectivity index (χ0) is 15.1. The zero-order valence-electron chi connectivity index (χ0n) is 12.1. The van der Waals surface area contributed by atoms with Crippen LogP contribution in [0.25, 0.3) is 0 Å². The van der Waals surface area contributed by atoms with E-state index < -0.39 is 0 Å². The molecule has 0 N–H and O–H groups in total. The van der Waals surface area contributed by atoms with E-state index >= 15 is 0 Å². The smallest absolute Gasteiger partial charge is 0.168 e. The van der Waals surface area contributed by atoms with Crippen LogP contribution in [-0.4, -0.2) is 12.0 Å². The van der Waals surface area contributed by atoms with Crippen molar-refractivity contribution in [3.63, 3.8) is 0 Å². The minimum atomic E-state index is -0.256. The molecule has 0 aliphatic carbocycles. The van der Waals surface area contributed by atoms with E-state index in [4.69, 9.17) is 0 Å². The number of halogens is 1. The lowest BCUT2D eigenvalue weighted by Gasteiger charge is -2.00. The standard InChI is InChI=1S/C18H18FNO/c1-2-14-3-7-16(8-4-14)18(21)11-12-20-13-15-5-9-17(19)10-6-15/h3-10,12H,2,11,13H2,1H3. The summed E-state index contributed by atoms with van der Waals surface area (Å²) in [5.41, 5.74) is 2.85. The molecule has 0 aromatic heterocycles. The predicted octanol–water partition coefficient (Wildman–Crippen LogP) is 4.23. The van der Waals surface area contributed by atoms with Gasteiger partial charge < -0.3 is 0 Å². The highest BCUT2D eigenvalue weighted by atomic mass is 19.1. The number of rotatable bonds is 6. The van der Waals surface area contributed by atoms with Crippen molar-refractivity contribution in [1.82, 2.24) is 0 Å². The van der Waals surface area contributed by atoms with Crippen LogP contribution in [-0.2, 0) is 13.0 Å². The van der Waals surface area contributed by atoms with Crippen molar-refractivity contribution < 1.29 is 9.18 Å². The van der Waals surface area contributed by atoms with E-state index in [1.807, 2.05) is 24.3 Å². The minimum absolute atomic E-state index is 0.0560. The maximum atomic E-state index is 12.7. The maximum absolute atomic E-state index is 12.7. The number of aliphatic imine (C=N–C) groups is 1. The molecule has 0 aliphatic rings. The lowest BCUT2D eigenvalue weighted by atomic mass is 10.1. The van der Waals surface area contributed by atoms with Gasteiger partial charge in [-0.15, -0.1) is 0 Å². The van der Waals surface area contributed by atoms with Crippen LogP contribution in [0.3, 0.4) is 0 Å². The van der Waals surface area contributed by atoms with Gasteiger partial charge in [0.1, 0.15) is 5.82 Å². The van der Waals surface area contributed by atoms with Gasteiger partial charge in [0.05, 0.1) is 6.54 Å². The normalized spacial score (nSPS) is 11.0. The largest absolute Gasteiger partial charge is 0.294 e. The Morgan fingerprint density at radius 3 is 2.29 bits per heavy atom. The molecule has 0 bridgehead atoms. The number of Topliss-reactive ketones (excluding diaryl/α,β-unsaturated/α-hetero) is 1.